The summed E-state index contributed by atoms with van der Waals surface area (Å²) in [5, 5.41) is 3.70. The number of hydrogen-bond donors (Lipinski definition) is 1. The molecule has 0 bridgehead atoms. The van der Waals surface area contributed by atoms with Gasteiger partial charge in [-0.3, -0.25) is 0 Å². The van der Waals surface area contributed by atoms with Crippen LogP contribution in [0.3, 0.4) is 0 Å². The third-order valence-electron chi connectivity index (χ3n) is 3.91. The predicted molar refractivity (Wildman–Crippen MR) is 75.9 cm³/mol. The Hall–Kier alpha value is -1.02. The second kappa shape index (κ2) is 6.79. The molecule has 1 fully saturated rings. The maximum absolute atomic E-state index is 5.45. The molecule has 2 rings (SSSR count). The Labute approximate surface area is 111 Å². The Bertz CT molecular complexity index is 347. The SMILES string of the molecule is CCOc1ccc(CN[C@H]2CCCC[C@H]2C)cc1. The van der Waals surface area contributed by atoms with Gasteiger partial charge in [0.2, 0.25) is 0 Å². The van der Waals surface area contributed by atoms with E-state index in [4.69, 9.17) is 4.74 Å². The molecule has 0 spiro atoms. The molecule has 1 aromatic carbocycles. The van der Waals surface area contributed by atoms with E-state index in [1.54, 1.807) is 0 Å². The van der Waals surface area contributed by atoms with Crippen LogP contribution < -0.4 is 10.1 Å². The van der Waals surface area contributed by atoms with Crippen molar-refractivity contribution in [3.05, 3.63) is 29.8 Å². The molecule has 2 nitrogen and oxygen atoms in total. The molecule has 1 aliphatic rings. The minimum absolute atomic E-state index is 0.699. The molecule has 1 aromatic rings. The average Bonchev–Trinajstić information content (AvgIpc) is 2.40. The highest BCUT2D eigenvalue weighted by molar-refractivity contribution is 5.27. The van der Waals surface area contributed by atoms with Crippen molar-refractivity contribution in [1.82, 2.24) is 5.32 Å². The van der Waals surface area contributed by atoms with Gasteiger partial charge in [-0.2, -0.15) is 0 Å². The Morgan fingerprint density at radius 2 is 1.89 bits per heavy atom. The topological polar surface area (TPSA) is 21.3 Å². The lowest BCUT2D eigenvalue weighted by atomic mass is 9.86. The van der Waals surface area contributed by atoms with Crippen molar-refractivity contribution in [2.24, 2.45) is 5.92 Å². The van der Waals surface area contributed by atoms with E-state index in [-0.39, 0.29) is 0 Å². The summed E-state index contributed by atoms with van der Waals surface area (Å²) in [5.74, 6) is 1.79. The second-order valence-corrected chi connectivity index (χ2v) is 5.33. The fourth-order valence-electron chi connectivity index (χ4n) is 2.74. The standard InChI is InChI=1S/C16H25NO/c1-3-18-15-10-8-14(9-11-15)12-17-16-7-5-4-6-13(16)2/h8-11,13,16-17H,3-7,12H2,1-2H3/t13-,16+/m1/s1. The van der Waals surface area contributed by atoms with Gasteiger partial charge in [0.05, 0.1) is 6.61 Å². The Kier molecular flexibility index (Phi) is 5.06. The molecule has 0 aromatic heterocycles. The van der Waals surface area contributed by atoms with Crippen molar-refractivity contribution in [3.63, 3.8) is 0 Å². The van der Waals surface area contributed by atoms with E-state index in [1.807, 2.05) is 6.92 Å². The lowest BCUT2D eigenvalue weighted by molar-refractivity contribution is 0.279. The van der Waals surface area contributed by atoms with Crippen LogP contribution in [0.25, 0.3) is 0 Å². The van der Waals surface area contributed by atoms with Crippen molar-refractivity contribution in [2.75, 3.05) is 6.61 Å². The molecule has 0 saturated heterocycles. The van der Waals surface area contributed by atoms with Gasteiger partial charge < -0.3 is 10.1 Å². The van der Waals surface area contributed by atoms with E-state index >= 15 is 0 Å². The smallest absolute Gasteiger partial charge is 0.119 e. The van der Waals surface area contributed by atoms with Gasteiger partial charge in [0.1, 0.15) is 5.75 Å². The summed E-state index contributed by atoms with van der Waals surface area (Å²) in [6.07, 6.45) is 5.49. The predicted octanol–water partition coefficient (Wildman–Crippen LogP) is 3.75. The molecule has 0 aliphatic heterocycles. The summed E-state index contributed by atoms with van der Waals surface area (Å²) in [4.78, 5) is 0. The van der Waals surface area contributed by atoms with Crippen LogP contribution in [-0.4, -0.2) is 12.6 Å². The lowest BCUT2D eigenvalue weighted by Crippen LogP contribution is -2.36. The van der Waals surface area contributed by atoms with E-state index in [0.29, 0.717) is 6.04 Å². The van der Waals surface area contributed by atoms with Crippen molar-refractivity contribution in [3.8, 4) is 5.75 Å². The number of nitrogens with one attached hydrogen (secondary N) is 1. The maximum atomic E-state index is 5.45. The van der Waals surface area contributed by atoms with Gasteiger partial charge in [0, 0.05) is 12.6 Å². The molecule has 2 heteroatoms. The first kappa shape index (κ1) is 13.4. The van der Waals surface area contributed by atoms with Gasteiger partial charge in [0.25, 0.3) is 0 Å². The number of ether oxygens (including phenoxy) is 1. The average molecular weight is 247 g/mol. The van der Waals surface area contributed by atoms with Crippen LogP contribution in [-0.2, 0) is 6.54 Å². The minimum atomic E-state index is 0.699. The minimum Gasteiger partial charge on any atom is -0.494 e. The third kappa shape index (κ3) is 3.74. The van der Waals surface area contributed by atoms with Gasteiger partial charge in [-0.05, 0) is 43.4 Å². The van der Waals surface area contributed by atoms with Crippen molar-refractivity contribution in [1.29, 1.82) is 0 Å². The van der Waals surface area contributed by atoms with Crippen LogP contribution >= 0.6 is 0 Å². The van der Waals surface area contributed by atoms with Crippen LogP contribution in [0.2, 0.25) is 0 Å². The Balaban J connectivity index is 1.82. The molecule has 1 saturated carbocycles. The second-order valence-electron chi connectivity index (χ2n) is 5.33. The van der Waals surface area contributed by atoms with Crippen LogP contribution in [0, 0.1) is 5.92 Å². The Morgan fingerprint density at radius 1 is 1.17 bits per heavy atom. The third-order valence-corrected chi connectivity index (χ3v) is 3.91. The van der Waals surface area contributed by atoms with E-state index < -0.39 is 0 Å². The van der Waals surface area contributed by atoms with Crippen molar-refractivity contribution < 1.29 is 4.74 Å². The van der Waals surface area contributed by atoms with E-state index in [9.17, 15) is 0 Å². The highest BCUT2D eigenvalue weighted by Crippen LogP contribution is 2.24. The zero-order valence-electron chi connectivity index (χ0n) is 11.6. The molecule has 0 radical (unpaired) electrons. The van der Waals surface area contributed by atoms with Crippen LogP contribution in [0.4, 0.5) is 0 Å². The number of rotatable bonds is 5. The lowest BCUT2D eigenvalue weighted by Gasteiger charge is -2.29. The fraction of sp³-hybridized carbons (Fsp3) is 0.625. The van der Waals surface area contributed by atoms with E-state index in [0.717, 1.165) is 24.8 Å². The highest BCUT2D eigenvalue weighted by Gasteiger charge is 2.20. The quantitative estimate of drug-likeness (QED) is 0.855. The molecular formula is C16H25NO. The fourth-order valence-corrected chi connectivity index (χ4v) is 2.74. The van der Waals surface area contributed by atoms with E-state index in [2.05, 4.69) is 36.5 Å². The summed E-state index contributed by atoms with van der Waals surface area (Å²) in [6, 6.07) is 9.14. The molecule has 0 amide bonds. The Morgan fingerprint density at radius 3 is 2.56 bits per heavy atom. The summed E-state index contributed by atoms with van der Waals surface area (Å²) in [7, 11) is 0. The van der Waals surface area contributed by atoms with Crippen molar-refractivity contribution >= 4 is 0 Å². The highest BCUT2D eigenvalue weighted by atomic mass is 16.5. The van der Waals surface area contributed by atoms with Crippen LogP contribution in [0.5, 0.6) is 5.75 Å². The summed E-state index contributed by atoms with van der Waals surface area (Å²) >= 11 is 0. The first-order valence-corrected chi connectivity index (χ1v) is 7.24. The van der Waals surface area contributed by atoms with Gasteiger partial charge in [-0.1, -0.05) is 31.9 Å². The summed E-state index contributed by atoms with van der Waals surface area (Å²) < 4.78 is 5.45. The van der Waals surface area contributed by atoms with Crippen LogP contribution in [0.15, 0.2) is 24.3 Å². The molecule has 100 valence electrons. The molecule has 1 aliphatic carbocycles. The maximum Gasteiger partial charge on any atom is 0.119 e. The molecule has 0 unspecified atom stereocenters. The molecular weight excluding hydrogens is 222 g/mol. The van der Waals surface area contributed by atoms with Gasteiger partial charge in [-0.25, -0.2) is 0 Å². The van der Waals surface area contributed by atoms with Crippen LogP contribution in [0.1, 0.15) is 45.1 Å². The summed E-state index contributed by atoms with van der Waals surface area (Å²) in [6.45, 7) is 6.09. The molecule has 18 heavy (non-hydrogen) atoms. The zero-order valence-corrected chi connectivity index (χ0v) is 11.6. The van der Waals surface area contributed by atoms with Gasteiger partial charge in [0.15, 0.2) is 0 Å². The number of benzene rings is 1. The summed E-state index contributed by atoms with van der Waals surface area (Å²) in [5.41, 5.74) is 1.34. The molecule has 2 atom stereocenters. The first-order chi connectivity index (χ1) is 8.79. The normalized spacial score (nSPS) is 23.9. The largest absolute Gasteiger partial charge is 0.494 e. The first-order valence-electron chi connectivity index (χ1n) is 7.24. The monoisotopic (exact) mass is 247 g/mol. The number of hydrogen-bond acceptors (Lipinski definition) is 2. The van der Waals surface area contributed by atoms with E-state index in [1.165, 1.54) is 31.2 Å². The van der Waals surface area contributed by atoms with Gasteiger partial charge >= 0.3 is 0 Å². The zero-order chi connectivity index (χ0) is 12.8. The molecule has 0 heterocycles. The van der Waals surface area contributed by atoms with Crippen molar-refractivity contribution in [2.45, 2.75) is 52.1 Å². The molecule has 1 N–H and O–H groups in total. The van der Waals surface area contributed by atoms with Gasteiger partial charge in [-0.15, -0.1) is 0 Å².